The van der Waals surface area contributed by atoms with Crippen LogP contribution in [0.1, 0.15) is 11.1 Å². The van der Waals surface area contributed by atoms with Crippen LogP contribution in [0.2, 0.25) is 0 Å². The minimum absolute atomic E-state index is 0.0334. The summed E-state index contributed by atoms with van der Waals surface area (Å²) in [6.45, 7) is 3.60. The van der Waals surface area contributed by atoms with Gasteiger partial charge in [0.2, 0.25) is 5.91 Å². The number of aryl methyl sites for hydroxylation is 1. The summed E-state index contributed by atoms with van der Waals surface area (Å²) in [5, 5.41) is 9.26. The summed E-state index contributed by atoms with van der Waals surface area (Å²) in [6, 6.07) is 8.18. The molecule has 1 aliphatic rings. The van der Waals surface area contributed by atoms with Crippen LogP contribution in [0.3, 0.4) is 0 Å². The number of rotatable bonds is 5. The average Bonchev–Trinajstić information content (AvgIpc) is 2.49. The molecule has 0 aromatic heterocycles. The second kappa shape index (κ2) is 7.67. The Morgan fingerprint density at radius 3 is 2.90 bits per heavy atom. The summed E-state index contributed by atoms with van der Waals surface area (Å²) < 4.78 is 5.28. The molecule has 20 heavy (non-hydrogen) atoms. The van der Waals surface area contributed by atoms with Gasteiger partial charge in [0.1, 0.15) is 0 Å². The van der Waals surface area contributed by atoms with E-state index in [-0.39, 0.29) is 18.6 Å². The number of ether oxygens (including phenoxy) is 1. The fourth-order valence-corrected chi connectivity index (χ4v) is 3.03. The number of carbonyl (C=O) groups excluding carboxylic acids is 1. The van der Waals surface area contributed by atoms with Crippen LogP contribution < -0.4 is 0 Å². The van der Waals surface area contributed by atoms with Crippen molar-refractivity contribution in [2.45, 2.75) is 18.7 Å². The predicted molar refractivity (Wildman–Crippen MR) is 80.7 cm³/mol. The Balaban J connectivity index is 1.78. The molecule has 1 aromatic carbocycles. The fraction of sp³-hybridized carbons (Fsp3) is 0.533. The van der Waals surface area contributed by atoms with E-state index in [1.807, 2.05) is 0 Å². The average molecular weight is 295 g/mol. The number of morpholine rings is 1. The quantitative estimate of drug-likeness (QED) is 0.893. The third-order valence-electron chi connectivity index (χ3n) is 3.37. The normalized spacial score (nSPS) is 19.1. The molecule has 5 heteroatoms. The minimum Gasteiger partial charge on any atom is -0.394 e. The fourth-order valence-electron chi connectivity index (χ4n) is 2.16. The maximum Gasteiger partial charge on any atom is 0.233 e. The molecule has 1 unspecified atom stereocenters. The first-order valence-electron chi connectivity index (χ1n) is 6.82. The molecule has 0 saturated carbocycles. The number of aliphatic hydroxyl groups is 1. The zero-order valence-electron chi connectivity index (χ0n) is 11.7. The van der Waals surface area contributed by atoms with Crippen molar-refractivity contribution >= 4 is 17.7 Å². The van der Waals surface area contributed by atoms with E-state index in [1.54, 1.807) is 16.7 Å². The van der Waals surface area contributed by atoms with Crippen LogP contribution in [-0.2, 0) is 15.3 Å². The molecule has 0 bridgehead atoms. The molecule has 1 fully saturated rings. The molecular weight excluding hydrogens is 274 g/mol. The van der Waals surface area contributed by atoms with Crippen molar-refractivity contribution in [3.63, 3.8) is 0 Å². The van der Waals surface area contributed by atoms with Gasteiger partial charge in [-0.1, -0.05) is 29.8 Å². The van der Waals surface area contributed by atoms with Crippen LogP contribution in [-0.4, -0.2) is 54.1 Å². The monoisotopic (exact) mass is 295 g/mol. The summed E-state index contributed by atoms with van der Waals surface area (Å²) in [6.07, 6.45) is 0. The van der Waals surface area contributed by atoms with Crippen molar-refractivity contribution in [1.82, 2.24) is 4.90 Å². The van der Waals surface area contributed by atoms with Crippen molar-refractivity contribution in [2.75, 3.05) is 32.1 Å². The Kier molecular flexibility index (Phi) is 5.88. The maximum absolute atomic E-state index is 12.2. The van der Waals surface area contributed by atoms with Gasteiger partial charge in [0.25, 0.3) is 0 Å². The predicted octanol–water partition coefficient (Wildman–Crippen LogP) is 1.45. The zero-order valence-corrected chi connectivity index (χ0v) is 12.6. The SMILES string of the molecule is Cc1ccc(CSCC(=O)N2CCOCC2CO)cc1. The van der Waals surface area contributed by atoms with Crippen molar-refractivity contribution in [2.24, 2.45) is 0 Å². The Labute approximate surface area is 124 Å². The van der Waals surface area contributed by atoms with Crippen molar-refractivity contribution in [3.8, 4) is 0 Å². The van der Waals surface area contributed by atoms with Gasteiger partial charge in [0.05, 0.1) is 31.6 Å². The van der Waals surface area contributed by atoms with E-state index in [4.69, 9.17) is 4.74 Å². The molecule has 1 amide bonds. The first-order valence-corrected chi connectivity index (χ1v) is 7.97. The van der Waals surface area contributed by atoms with Crippen LogP contribution in [0, 0.1) is 6.92 Å². The Hall–Kier alpha value is -1.04. The lowest BCUT2D eigenvalue weighted by atomic mass is 10.2. The van der Waals surface area contributed by atoms with Gasteiger partial charge in [0.15, 0.2) is 0 Å². The van der Waals surface area contributed by atoms with Crippen LogP contribution in [0.25, 0.3) is 0 Å². The van der Waals surface area contributed by atoms with Gasteiger partial charge in [-0.05, 0) is 12.5 Å². The van der Waals surface area contributed by atoms with E-state index in [2.05, 4.69) is 31.2 Å². The van der Waals surface area contributed by atoms with Gasteiger partial charge in [-0.2, -0.15) is 0 Å². The molecule has 110 valence electrons. The summed E-state index contributed by atoms with van der Waals surface area (Å²) in [5.74, 6) is 1.37. The third kappa shape index (κ3) is 4.23. The standard InChI is InChI=1S/C15H21NO3S/c1-12-2-4-13(5-3-12)10-20-11-15(18)16-6-7-19-9-14(16)8-17/h2-5,14,17H,6-11H2,1H3. The van der Waals surface area contributed by atoms with Crippen LogP contribution >= 0.6 is 11.8 Å². The lowest BCUT2D eigenvalue weighted by Crippen LogP contribution is -2.51. The van der Waals surface area contributed by atoms with Crippen molar-refractivity contribution < 1.29 is 14.6 Å². The molecule has 1 saturated heterocycles. The zero-order chi connectivity index (χ0) is 14.4. The number of benzene rings is 1. The highest BCUT2D eigenvalue weighted by Crippen LogP contribution is 2.15. The molecule has 2 rings (SSSR count). The van der Waals surface area contributed by atoms with Gasteiger partial charge in [0, 0.05) is 12.3 Å². The second-order valence-electron chi connectivity index (χ2n) is 4.98. The highest BCUT2D eigenvalue weighted by molar-refractivity contribution is 7.99. The number of carbonyl (C=O) groups is 1. The molecule has 1 N–H and O–H groups in total. The second-order valence-corrected chi connectivity index (χ2v) is 5.96. The molecule has 1 aliphatic heterocycles. The van der Waals surface area contributed by atoms with E-state index < -0.39 is 0 Å². The summed E-state index contributed by atoms with van der Waals surface area (Å²) in [7, 11) is 0. The molecule has 0 aliphatic carbocycles. The number of hydrogen-bond acceptors (Lipinski definition) is 4. The van der Waals surface area contributed by atoms with Crippen LogP contribution in [0.15, 0.2) is 24.3 Å². The van der Waals surface area contributed by atoms with Crippen molar-refractivity contribution in [1.29, 1.82) is 0 Å². The van der Waals surface area contributed by atoms with E-state index in [9.17, 15) is 9.90 Å². The number of thioether (sulfide) groups is 1. The number of aliphatic hydroxyl groups excluding tert-OH is 1. The van der Waals surface area contributed by atoms with E-state index in [0.717, 1.165) is 5.75 Å². The molecule has 1 aromatic rings. The van der Waals surface area contributed by atoms with Crippen LogP contribution in [0.5, 0.6) is 0 Å². The lowest BCUT2D eigenvalue weighted by Gasteiger charge is -2.34. The Morgan fingerprint density at radius 1 is 1.45 bits per heavy atom. The van der Waals surface area contributed by atoms with Gasteiger partial charge in [-0.15, -0.1) is 11.8 Å². The van der Waals surface area contributed by atoms with Gasteiger partial charge >= 0.3 is 0 Å². The molecule has 1 atom stereocenters. The highest BCUT2D eigenvalue weighted by atomic mass is 32.2. The number of amides is 1. The topological polar surface area (TPSA) is 49.8 Å². The smallest absolute Gasteiger partial charge is 0.233 e. The van der Waals surface area contributed by atoms with E-state index in [1.165, 1.54) is 11.1 Å². The van der Waals surface area contributed by atoms with E-state index in [0.29, 0.717) is 25.5 Å². The molecule has 4 nitrogen and oxygen atoms in total. The molecule has 0 radical (unpaired) electrons. The lowest BCUT2D eigenvalue weighted by molar-refractivity contribution is -0.138. The molecular formula is C15H21NO3S. The largest absolute Gasteiger partial charge is 0.394 e. The first-order chi connectivity index (χ1) is 9.70. The van der Waals surface area contributed by atoms with Gasteiger partial charge < -0.3 is 14.7 Å². The van der Waals surface area contributed by atoms with Crippen molar-refractivity contribution in [3.05, 3.63) is 35.4 Å². The summed E-state index contributed by atoms with van der Waals surface area (Å²) >= 11 is 1.61. The number of nitrogens with zero attached hydrogens (tertiary/aromatic N) is 1. The van der Waals surface area contributed by atoms with Crippen LogP contribution in [0.4, 0.5) is 0 Å². The summed E-state index contributed by atoms with van der Waals surface area (Å²) in [5.41, 5.74) is 2.48. The molecule has 0 spiro atoms. The Morgan fingerprint density at radius 2 is 2.20 bits per heavy atom. The number of hydrogen-bond donors (Lipinski definition) is 1. The minimum atomic E-state index is -0.184. The third-order valence-corrected chi connectivity index (χ3v) is 4.36. The molecule has 1 heterocycles. The highest BCUT2D eigenvalue weighted by Gasteiger charge is 2.26. The van der Waals surface area contributed by atoms with Gasteiger partial charge in [-0.25, -0.2) is 0 Å². The van der Waals surface area contributed by atoms with E-state index >= 15 is 0 Å². The Bertz CT molecular complexity index is 435. The first kappa shape index (κ1) is 15.4. The summed E-state index contributed by atoms with van der Waals surface area (Å²) in [4.78, 5) is 13.9. The van der Waals surface area contributed by atoms with Gasteiger partial charge in [-0.3, -0.25) is 4.79 Å². The maximum atomic E-state index is 12.2.